The molecule has 0 spiro atoms. The van der Waals surface area contributed by atoms with Crippen LogP contribution in [0.15, 0.2) is 0 Å². The molecule has 2 heterocycles. The van der Waals surface area contributed by atoms with Gasteiger partial charge in [0.1, 0.15) is 0 Å². The summed E-state index contributed by atoms with van der Waals surface area (Å²) in [5, 5.41) is 5.05. The van der Waals surface area contributed by atoms with Gasteiger partial charge in [0.05, 0.1) is 0 Å². The second-order valence-electron chi connectivity index (χ2n) is 4.31. The van der Waals surface area contributed by atoms with Gasteiger partial charge in [0.2, 0.25) is 0 Å². The first-order chi connectivity index (χ1) is 6.36. The van der Waals surface area contributed by atoms with Crippen molar-refractivity contribution in [3.05, 3.63) is 0 Å². The molecule has 3 heteroatoms. The standard InChI is InChI=1S/C10H21N3/c11-10-4-8-13(9-5-10)12-6-2-1-3-7-12/h10H,1-9,11H2. The van der Waals surface area contributed by atoms with E-state index in [0.29, 0.717) is 6.04 Å². The number of nitrogens with zero attached hydrogens (tertiary/aromatic N) is 2. The molecule has 2 N–H and O–H groups in total. The lowest BCUT2D eigenvalue weighted by Gasteiger charge is -2.40. The normalized spacial score (nSPS) is 29.3. The molecule has 13 heavy (non-hydrogen) atoms. The third kappa shape index (κ3) is 2.42. The first kappa shape index (κ1) is 9.44. The van der Waals surface area contributed by atoms with Gasteiger partial charge in [-0.3, -0.25) is 0 Å². The van der Waals surface area contributed by atoms with Gasteiger partial charge >= 0.3 is 0 Å². The summed E-state index contributed by atoms with van der Waals surface area (Å²) < 4.78 is 0. The molecule has 0 radical (unpaired) electrons. The van der Waals surface area contributed by atoms with E-state index < -0.39 is 0 Å². The Morgan fingerprint density at radius 2 is 1.31 bits per heavy atom. The molecule has 0 aromatic rings. The summed E-state index contributed by atoms with van der Waals surface area (Å²) in [5.74, 6) is 0. The summed E-state index contributed by atoms with van der Waals surface area (Å²) in [6.45, 7) is 4.91. The zero-order valence-corrected chi connectivity index (χ0v) is 8.41. The molecule has 0 bridgehead atoms. The van der Waals surface area contributed by atoms with E-state index in [1.165, 1.54) is 58.3 Å². The summed E-state index contributed by atoms with van der Waals surface area (Å²) in [4.78, 5) is 0. The smallest absolute Gasteiger partial charge is 0.0148 e. The van der Waals surface area contributed by atoms with Gasteiger partial charge in [0.25, 0.3) is 0 Å². The third-order valence-electron chi connectivity index (χ3n) is 3.25. The molecule has 2 rings (SSSR count). The Morgan fingerprint density at radius 3 is 1.92 bits per heavy atom. The van der Waals surface area contributed by atoms with E-state index in [1.54, 1.807) is 0 Å². The number of piperidine rings is 2. The van der Waals surface area contributed by atoms with Crippen molar-refractivity contribution in [2.45, 2.75) is 38.1 Å². The fraction of sp³-hybridized carbons (Fsp3) is 1.00. The minimum atomic E-state index is 0.459. The maximum atomic E-state index is 5.88. The van der Waals surface area contributed by atoms with Crippen molar-refractivity contribution >= 4 is 0 Å². The summed E-state index contributed by atoms with van der Waals surface area (Å²) in [5.41, 5.74) is 5.88. The van der Waals surface area contributed by atoms with Crippen molar-refractivity contribution < 1.29 is 0 Å². The van der Waals surface area contributed by atoms with Crippen molar-refractivity contribution in [3.8, 4) is 0 Å². The van der Waals surface area contributed by atoms with E-state index in [-0.39, 0.29) is 0 Å². The van der Waals surface area contributed by atoms with Crippen molar-refractivity contribution in [1.29, 1.82) is 0 Å². The van der Waals surface area contributed by atoms with Crippen molar-refractivity contribution in [2.75, 3.05) is 26.2 Å². The molecule has 0 amide bonds. The number of rotatable bonds is 1. The fourth-order valence-electron chi connectivity index (χ4n) is 2.33. The molecule has 0 saturated carbocycles. The topological polar surface area (TPSA) is 32.5 Å². The van der Waals surface area contributed by atoms with Crippen LogP contribution in [0.5, 0.6) is 0 Å². The van der Waals surface area contributed by atoms with E-state index in [4.69, 9.17) is 5.73 Å². The lowest BCUT2D eigenvalue weighted by atomic mass is 10.1. The van der Waals surface area contributed by atoms with Crippen LogP contribution in [0, 0.1) is 0 Å². The summed E-state index contributed by atoms with van der Waals surface area (Å²) in [6, 6.07) is 0.459. The molecular formula is C10H21N3. The molecule has 2 aliphatic heterocycles. The SMILES string of the molecule is NC1CCN(N2CCCCC2)CC1. The lowest BCUT2D eigenvalue weighted by Crippen LogP contribution is -2.51. The van der Waals surface area contributed by atoms with Gasteiger partial charge in [-0.15, -0.1) is 0 Å². The molecular weight excluding hydrogens is 162 g/mol. The van der Waals surface area contributed by atoms with Crippen LogP contribution in [0.1, 0.15) is 32.1 Å². The minimum Gasteiger partial charge on any atom is -0.328 e. The molecule has 3 nitrogen and oxygen atoms in total. The zero-order chi connectivity index (χ0) is 9.10. The van der Waals surface area contributed by atoms with Gasteiger partial charge < -0.3 is 5.73 Å². The Bertz CT molecular complexity index is 146. The summed E-state index contributed by atoms with van der Waals surface area (Å²) in [7, 11) is 0. The summed E-state index contributed by atoms with van der Waals surface area (Å²) >= 11 is 0. The second kappa shape index (κ2) is 4.40. The van der Waals surface area contributed by atoms with Gasteiger partial charge in [-0.2, -0.15) is 0 Å². The van der Waals surface area contributed by atoms with E-state index in [1.807, 2.05) is 0 Å². The average Bonchev–Trinajstić information content (AvgIpc) is 2.20. The van der Waals surface area contributed by atoms with Crippen LogP contribution in [-0.4, -0.2) is 42.2 Å². The number of nitrogens with two attached hydrogens (primary N) is 1. The van der Waals surface area contributed by atoms with Crippen molar-refractivity contribution in [1.82, 2.24) is 10.0 Å². The maximum Gasteiger partial charge on any atom is 0.0148 e. The zero-order valence-electron chi connectivity index (χ0n) is 8.41. The highest BCUT2D eigenvalue weighted by Gasteiger charge is 2.22. The van der Waals surface area contributed by atoms with Gasteiger partial charge in [-0.25, -0.2) is 10.0 Å². The van der Waals surface area contributed by atoms with Gasteiger partial charge in [-0.05, 0) is 25.7 Å². The molecule has 0 aromatic heterocycles. The van der Waals surface area contributed by atoms with E-state index in [9.17, 15) is 0 Å². The minimum absolute atomic E-state index is 0.459. The van der Waals surface area contributed by atoms with Crippen LogP contribution in [0.25, 0.3) is 0 Å². The van der Waals surface area contributed by atoms with Crippen LogP contribution in [0.2, 0.25) is 0 Å². The van der Waals surface area contributed by atoms with Crippen LogP contribution in [0.4, 0.5) is 0 Å². The lowest BCUT2D eigenvalue weighted by molar-refractivity contribution is -0.0546. The fourth-order valence-corrected chi connectivity index (χ4v) is 2.33. The second-order valence-corrected chi connectivity index (χ2v) is 4.31. The molecule has 2 aliphatic rings. The number of hydrazine groups is 1. The largest absolute Gasteiger partial charge is 0.328 e. The molecule has 0 unspecified atom stereocenters. The molecule has 0 aliphatic carbocycles. The van der Waals surface area contributed by atoms with Crippen LogP contribution >= 0.6 is 0 Å². The Morgan fingerprint density at radius 1 is 0.769 bits per heavy atom. The van der Waals surface area contributed by atoms with Crippen molar-refractivity contribution in [3.63, 3.8) is 0 Å². The molecule has 0 atom stereocenters. The quantitative estimate of drug-likeness (QED) is 0.653. The first-order valence-electron chi connectivity index (χ1n) is 5.61. The van der Waals surface area contributed by atoms with Gasteiger partial charge in [0.15, 0.2) is 0 Å². The van der Waals surface area contributed by atoms with E-state index in [0.717, 1.165) is 0 Å². The van der Waals surface area contributed by atoms with Gasteiger partial charge in [0, 0.05) is 32.2 Å². The molecule has 2 saturated heterocycles. The van der Waals surface area contributed by atoms with E-state index >= 15 is 0 Å². The predicted molar refractivity (Wildman–Crippen MR) is 54.2 cm³/mol. The van der Waals surface area contributed by atoms with E-state index in [2.05, 4.69) is 10.0 Å². The Balaban J connectivity index is 1.79. The highest BCUT2D eigenvalue weighted by molar-refractivity contribution is 4.74. The highest BCUT2D eigenvalue weighted by atomic mass is 15.6. The maximum absolute atomic E-state index is 5.88. The average molecular weight is 183 g/mol. The predicted octanol–water partition coefficient (Wildman–Crippen LogP) is 0.810. The summed E-state index contributed by atoms with van der Waals surface area (Å²) in [6.07, 6.45) is 6.53. The monoisotopic (exact) mass is 183 g/mol. The molecule has 76 valence electrons. The van der Waals surface area contributed by atoms with Crippen LogP contribution < -0.4 is 5.73 Å². The van der Waals surface area contributed by atoms with Crippen LogP contribution in [0.3, 0.4) is 0 Å². The van der Waals surface area contributed by atoms with Crippen molar-refractivity contribution in [2.24, 2.45) is 5.73 Å². The van der Waals surface area contributed by atoms with Crippen LogP contribution in [-0.2, 0) is 0 Å². The Hall–Kier alpha value is -0.120. The molecule has 0 aromatic carbocycles. The Labute approximate surface area is 80.8 Å². The Kier molecular flexibility index (Phi) is 3.19. The first-order valence-corrected chi connectivity index (χ1v) is 5.61. The highest BCUT2D eigenvalue weighted by Crippen LogP contribution is 2.16. The third-order valence-corrected chi connectivity index (χ3v) is 3.25. The molecule has 2 fully saturated rings. The van der Waals surface area contributed by atoms with Gasteiger partial charge in [-0.1, -0.05) is 6.42 Å². The number of hydrogen-bond acceptors (Lipinski definition) is 3. The number of hydrogen-bond donors (Lipinski definition) is 1.